The fourth-order valence-corrected chi connectivity index (χ4v) is 2.95. The highest BCUT2D eigenvalue weighted by Crippen LogP contribution is 2.20. The molecular formula is C14H26N2O4. The molecule has 2 fully saturated rings. The number of hydrogen-bond acceptors (Lipinski definition) is 5. The van der Waals surface area contributed by atoms with Crippen LogP contribution >= 0.6 is 0 Å². The van der Waals surface area contributed by atoms with Crippen LogP contribution in [-0.4, -0.2) is 73.1 Å². The van der Waals surface area contributed by atoms with Crippen molar-refractivity contribution in [3.63, 3.8) is 0 Å². The topological polar surface area (TPSA) is 71.0 Å². The zero-order valence-electron chi connectivity index (χ0n) is 12.4. The molecular weight excluding hydrogens is 260 g/mol. The van der Waals surface area contributed by atoms with Crippen LogP contribution in [0.2, 0.25) is 0 Å². The summed E-state index contributed by atoms with van der Waals surface area (Å²) in [5.74, 6) is 0.0475. The smallest absolute Gasteiger partial charge is 0.234 e. The summed E-state index contributed by atoms with van der Waals surface area (Å²) < 4.78 is 11.0. The van der Waals surface area contributed by atoms with E-state index >= 15 is 0 Å². The van der Waals surface area contributed by atoms with E-state index in [0.717, 1.165) is 26.1 Å². The number of rotatable bonds is 4. The van der Waals surface area contributed by atoms with Crippen molar-refractivity contribution in [2.75, 3.05) is 39.5 Å². The summed E-state index contributed by atoms with van der Waals surface area (Å²) in [7, 11) is 0. The van der Waals surface area contributed by atoms with E-state index in [9.17, 15) is 9.90 Å². The Morgan fingerprint density at radius 3 is 2.75 bits per heavy atom. The number of nitrogens with zero attached hydrogens (tertiary/aromatic N) is 1. The molecule has 2 N–H and O–H groups in total. The fourth-order valence-electron chi connectivity index (χ4n) is 2.95. The lowest BCUT2D eigenvalue weighted by Crippen LogP contribution is -2.56. The summed E-state index contributed by atoms with van der Waals surface area (Å²) >= 11 is 0. The molecule has 1 unspecified atom stereocenters. The van der Waals surface area contributed by atoms with E-state index in [1.165, 1.54) is 0 Å². The van der Waals surface area contributed by atoms with Gasteiger partial charge in [0.25, 0.3) is 0 Å². The van der Waals surface area contributed by atoms with Gasteiger partial charge in [-0.2, -0.15) is 0 Å². The Kier molecular flexibility index (Phi) is 5.37. The quantitative estimate of drug-likeness (QED) is 0.746. The number of ether oxygens (including phenoxy) is 2. The van der Waals surface area contributed by atoms with E-state index in [1.807, 2.05) is 13.8 Å². The van der Waals surface area contributed by atoms with E-state index < -0.39 is 0 Å². The van der Waals surface area contributed by atoms with Crippen molar-refractivity contribution >= 4 is 5.91 Å². The molecule has 0 aromatic rings. The van der Waals surface area contributed by atoms with Crippen LogP contribution in [0.1, 0.15) is 26.7 Å². The lowest BCUT2D eigenvalue weighted by atomic mass is 10.1. The van der Waals surface area contributed by atoms with E-state index in [2.05, 4.69) is 10.2 Å². The molecule has 20 heavy (non-hydrogen) atoms. The van der Waals surface area contributed by atoms with Crippen molar-refractivity contribution < 1.29 is 19.4 Å². The lowest BCUT2D eigenvalue weighted by molar-refractivity contribution is -0.153. The summed E-state index contributed by atoms with van der Waals surface area (Å²) in [4.78, 5) is 14.1. The van der Waals surface area contributed by atoms with Crippen molar-refractivity contribution in [1.82, 2.24) is 10.2 Å². The van der Waals surface area contributed by atoms with E-state index in [0.29, 0.717) is 19.6 Å². The number of carbonyl (C=O) groups is 1. The normalized spacial score (nSPS) is 28.2. The molecule has 6 nitrogen and oxygen atoms in total. The fraction of sp³-hybridized carbons (Fsp3) is 0.929. The van der Waals surface area contributed by atoms with Gasteiger partial charge in [-0.1, -0.05) is 0 Å². The molecule has 0 aliphatic carbocycles. The molecule has 2 aliphatic heterocycles. The highest BCUT2D eigenvalue weighted by Gasteiger charge is 2.33. The Bertz CT molecular complexity index is 329. The van der Waals surface area contributed by atoms with Crippen LogP contribution in [0.3, 0.4) is 0 Å². The van der Waals surface area contributed by atoms with Crippen molar-refractivity contribution in [3.05, 3.63) is 0 Å². The number of carbonyl (C=O) groups excluding carboxylic acids is 1. The standard InChI is InChI=1S/C14H26N2O4/c1-14(2)10-16(7-12(9-17)20-14)8-13(18)15-11-3-5-19-6-4-11/h11-12,17H,3-10H2,1-2H3,(H,15,18). The second-order valence-corrected chi connectivity index (χ2v) is 6.31. The summed E-state index contributed by atoms with van der Waals surface area (Å²) in [5, 5.41) is 12.3. The molecule has 116 valence electrons. The van der Waals surface area contributed by atoms with Crippen molar-refractivity contribution in [2.45, 2.75) is 44.4 Å². The lowest BCUT2D eigenvalue weighted by Gasteiger charge is -2.42. The van der Waals surface area contributed by atoms with Gasteiger partial charge in [0.1, 0.15) is 0 Å². The molecule has 0 radical (unpaired) electrons. The number of aliphatic hydroxyl groups excluding tert-OH is 1. The summed E-state index contributed by atoms with van der Waals surface area (Å²) in [6, 6.07) is 0.235. The molecule has 0 saturated carbocycles. The second kappa shape index (κ2) is 6.85. The first-order valence-electron chi connectivity index (χ1n) is 7.36. The molecule has 2 rings (SSSR count). The van der Waals surface area contributed by atoms with Crippen LogP contribution in [0.4, 0.5) is 0 Å². The number of morpholine rings is 1. The van der Waals surface area contributed by atoms with Gasteiger partial charge in [-0.15, -0.1) is 0 Å². The number of nitrogens with one attached hydrogen (secondary N) is 1. The molecule has 0 aromatic carbocycles. The van der Waals surface area contributed by atoms with Gasteiger partial charge in [0.2, 0.25) is 5.91 Å². The summed E-state index contributed by atoms with van der Waals surface area (Å²) in [6.07, 6.45) is 1.56. The van der Waals surface area contributed by atoms with Gasteiger partial charge in [0.05, 0.1) is 24.9 Å². The SMILES string of the molecule is CC1(C)CN(CC(=O)NC2CCOCC2)CC(CO)O1. The minimum absolute atomic E-state index is 0.0124. The van der Waals surface area contributed by atoms with Crippen LogP contribution in [-0.2, 0) is 14.3 Å². The third-order valence-electron chi connectivity index (χ3n) is 3.71. The van der Waals surface area contributed by atoms with Gasteiger partial charge in [-0.3, -0.25) is 9.69 Å². The third-order valence-corrected chi connectivity index (χ3v) is 3.71. The number of aliphatic hydroxyl groups is 1. The average molecular weight is 286 g/mol. The van der Waals surface area contributed by atoms with E-state index in [1.54, 1.807) is 0 Å². The highest BCUT2D eigenvalue weighted by atomic mass is 16.5. The molecule has 0 aromatic heterocycles. The maximum absolute atomic E-state index is 12.1. The first kappa shape index (κ1) is 15.7. The van der Waals surface area contributed by atoms with Crippen LogP contribution in [0.15, 0.2) is 0 Å². The van der Waals surface area contributed by atoms with Crippen LogP contribution in [0, 0.1) is 0 Å². The third kappa shape index (κ3) is 4.70. The number of hydrogen-bond donors (Lipinski definition) is 2. The zero-order valence-corrected chi connectivity index (χ0v) is 12.4. The molecule has 1 amide bonds. The molecule has 2 aliphatic rings. The van der Waals surface area contributed by atoms with Crippen LogP contribution in [0.5, 0.6) is 0 Å². The van der Waals surface area contributed by atoms with E-state index in [-0.39, 0.29) is 30.3 Å². The Balaban J connectivity index is 1.80. The van der Waals surface area contributed by atoms with Crippen molar-refractivity contribution in [3.8, 4) is 0 Å². The van der Waals surface area contributed by atoms with Crippen LogP contribution < -0.4 is 5.32 Å². The van der Waals surface area contributed by atoms with Crippen LogP contribution in [0.25, 0.3) is 0 Å². The molecule has 0 spiro atoms. The monoisotopic (exact) mass is 286 g/mol. The first-order chi connectivity index (χ1) is 9.48. The molecule has 6 heteroatoms. The van der Waals surface area contributed by atoms with Crippen molar-refractivity contribution in [2.24, 2.45) is 0 Å². The molecule has 1 atom stereocenters. The average Bonchev–Trinajstić information content (AvgIpc) is 2.37. The van der Waals surface area contributed by atoms with Crippen molar-refractivity contribution in [1.29, 1.82) is 0 Å². The maximum atomic E-state index is 12.1. The van der Waals surface area contributed by atoms with Gasteiger partial charge >= 0.3 is 0 Å². The largest absolute Gasteiger partial charge is 0.394 e. The minimum Gasteiger partial charge on any atom is -0.394 e. The Morgan fingerprint density at radius 2 is 2.10 bits per heavy atom. The Morgan fingerprint density at radius 1 is 1.40 bits per heavy atom. The highest BCUT2D eigenvalue weighted by molar-refractivity contribution is 5.78. The van der Waals surface area contributed by atoms with Gasteiger partial charge in [-0.25, -0.2) is 0 Å². The van der Waals surface area contributed by atoms with Gasteiger partial charge in [0.15, 0.2) is 0 Å². The van der Waals surface area contributed by atoms with Gasteiger partial charge in [-0.05, 0) is 26.7 Å². The summed E-state index contributed by atoms with van der Waals surface area (Å²) in [6.45, 7) is 7.06. The zero-order chi connectivity index (χ0) is 14.6. The first-order valence-corrected chi connectivity index (χ1v) is 7.36. The maximum Gasteiger partial charge on any atom is 0.234 e. The summed E-state index contributed by atoms with van der Waals surface area (Å²) in [5.41, 5.74) is -0.329. The molecule has 0 bridgehead atoms. The number of amides is 1. The predicted octanol–water partition coefficient (Wildman–Crippen LogP) is -0.247. The molecule has 2 heterocycles. The second-order valence-electron chi connectivity index (χ2n) is 6.31. The Labute approximate surface area is 120 Å². The predicted molar refractivity (Wildman–Crippen MR) is 74.5 cm³/mol. The Hall–Kier alpha value is -0.690. The minimum atomic E-state index is -0.329. The van der Waals surface area contributed by atoms with Gasteiger partial charge in [0, 0.05) is 32.3 Å². The van der Waals surface area contributed by atoms with E-state index in [4.69, 9.17) is 9.47 Å². The molecule has 2 saturated heterocycles. The van der Waals surface area contributed by atoms with Gasteiger partial charge < -0.3 is 19.9 Å².